The third-order valence-corrected chi connectivity index (χ3v) is 2.18. The monoisotopic (exact) mass is 262 g/mol. The first-order chi connectivity index (χ1) is 7.10. The Balaban J connectivity index is 4.70. The summed E-state index contributed by atoms with van der Waals surface area (Å²) >= 11 is 0. The fourth-order valence-corrected chi connectivity index (χ4v) is 1.08. The van der Waals surface area contributed by atoms with E-state index in [4.69, 9.17) is 0 Å². The van der Waals surface area contributed by atoms with E-state index in [1.807, 2.05) is 0 Å². The molecule has 0 aromatic rings. The third-order valence-electron chi connectivity index (χ3n) is 1.13. The van der Waals surface area contributed by atoms with Crippen LogP contribution >= 0.6 is 0 Å². The second-order valence-electron chi connectivity index (χ2n) is 2.49. The van der Waals surface area contributed by atoms with E-state index in [9.17, 15) is 26.4 Å². The normalized spacial score (nSPS) is 13.4. The summed E-state index contributed by atoms with van der Waals surface area (Å²) in [7, 11) is -5.73. The highest BCUT2D eigenvalue weighted by Crippen LogP contribution is 2.26. The minimum Gasteiger partial charge on any atom is -0.463 e. The highest BCUT2D eigenvalue weighted by atomic mass is 32.2. The number of alkyl halides is 3. The van der Waals surface area contributed by atoms with E-state index in [1.54, 1.807) is 0 Å². The molecular formula is C7H9F3O5S. The fourth-order valence-electron chi connectivity index (χ4n) is 0.594. The highest BCUT2D eigenvalue weighted by Gasteiger charge is 2.48. The van der Waals surface area contributed by atoms with Crippen molar-refractivity contribution in [3.05, 3.63) is 11.8 Å². The molecular weight excluding hydrogens is 253 g/mol. The third kappa shape index (κ3) is 4.51. The van der Waals surface area contributed by atoms with Gasteiger partial charge in [0, 0.05) is 0 Å². The van der Waals surface area contributed by atoms with Crippen molar-refractivity contribution in [2.75, 3.05) is 6.61 Å². The molecule has 0 amide bonds. The topological polar surface area (TPSA) is 69.7 Å². The predicted octanol–water partition coefficient (Wildman–Crippen LogP) is 1.32. The Kier molecular flexibility index (Phi) is 4.79. The molecule has 0 fully saturated rings. The van der Waals surface area contributed by atoms with Gasteiger partial charge in [0.1, 0.15) is 5.76 Å². The molecule has 0 unspecified atom stereocenters. The minimum atomic E-state index is -5.73. The summed E-state index contributed by atoms with van der Waals surface area (Å²) < 4.78 is 64.4. The van der Waals surface area contributed by atoms with Gasteiger partial charge in [-0.15, -0.1) is 0 Å². The van der Waals surface area contributed by atoms with Crippen molar-refractivity contribution in [2.45, 2.75) is 19.4 Å². The molecule has 0 aliphatic rings. The van der Waals surface area contributed by atoms with E-state index in [1.165, 1.54) is 6.92 Å². The molecule has 0 radical (unpaired) electrons. The summed E-state index contributed by atoms with van der Waals surface area (Å²) in [6, 6.07) is 0. The van der Waals surface area contributed by atoms with Crippen LogP contribution < -0.4 is 0 Å². The van der Waals surface area contributed by atoms with Crippen LogP contribution in [0.2, 0.25) is 0 Å². The van der Waals surface area contributed by atoms with Crippen LogP contribution in [-0.4, -0.2) is 26.5 Å². The van der Waals surface area contributed by atoms with Crippen molar-refractivity contribution in [3.63, 3.8) is 0 Å². The van der Waals surface area contributed by atoms with Crippen LogP contribution in [0, 0.1) is 0 Å². The van der Waals surface area contributed by atoms with Crippen LogP contribution in [0.4, 0.5) is 13.2 Å². The predicted molar refractivity (Wildman–Crippen MR) is 46.4 cm³/mol. The van der Waals surface area contributed by atoms with E-state index < -0.39 is 27.4 Å². The lowest BCUT2D eigenvalue weighted by Gasteiger charge is -2.09. The summed E-state index contributed by atoms with van der Waals surface area (Å²) in [5.41, 5.74) is -5.53. The van der Waals surface area contributed by atoms with Crippen LogP contribution in [0.3, 0.4) is 0 Å². The molecule has 0 aliphatic carbocycles. The molecule has 0 N–H and O–H groups in total. The number of ether oxygens (including phenoxy) is 1. The van der Waals surface area contributed by atoms with Crippen molar-refractivity contribution >= 4 is 16.1 Å². The van der Waals surface area contributed by atoms with Gasteiger partial charge >= 0.3 is 21.6 Å². The van der Waals surface area contributed by atoms with E-state index in [2.05, 4.69) is 8.92 Å². The molecule has 0 bridgehead atoms. The first kappa shape index (κ1) is 14.8. The molecule has 0 aromatic heterocycles. The molecule has 0 spiro atoms. The lowest BCUT2D eigenvalue weighted by molar-refractivity contribution is -0.137. The van der Waals surface area contributed by atoms with Gasteiger partial charge < -0.3 is 8.92 Å². The molecule has 0 heterocycles. The Morgan fingerprint density at radius 2 is 1.88 bits per heavy atom. The fraction of sp³-hybridized carbons (Fsp3) is 0.571. The smallest absolute Gasteiger partial charge is 0.463 e. The lowest BCUT2D eigenvalue weighted by Crippen LogP contribution is -2.25. The van der Waals surface area contributed by atoms with Crippen molar-refractivity contribution in [3.8, 4) is 0 Å². The molecule has 0 saturated heterocycles. The number of allylic oxidation sites excluding steroid dienone is 1. The number of rotatable bonds is 4. The lowest BCUT2D eigenvalue weighted by atomic mass is 10.5. The van der Waals surface area contributed by atoms with Crippen LogP contribution in [-0.2, 0) is 23.8 Å². The maximum atomic E-state index is 11.8. The van der Waals surface area contributed by atoms with Gasteiger partial charge in [0.2, 0.25) is 0 Å². The Morgan fingerprint density at radius 3 is 2.25 bits per heavy atom. The SMILES string of the molecule is CCOC(=O)/C=C(/C)OS(=O)(=O)C(F)(F)F. The van der Waals surface area contributed by atoms with E-state index in [-0.39, 0.29) is 6.61 Å². The first-order valence-corrected chi connectivity index (χ1v) is 5.36. The van der Waals surface area contributed by atoms with E-state index in [0.717, 1.165) is 6.92 Å². The number of halogens is 3. The summed E-state index contributed by atoms with van der Waals surface area (Å²) in [5, 5.41) is 0. The van der Waals surface area contributed by atoms with Gasteiger partial charge in [0.15, 0.2) is 0 Å². The summed E-state index contributed by atoms with van der Waals surface area (Å²) in [6.45, 7) is 2.38. The zero-order valence-corrected chi connectivity index (χ0v) is 9.18. The second-order valence-corrected chi connectivity index (χ2v) is 4.03. The highest BCUT2D eigenvalue weighted by molar-refractivity contribution is 7.87. The van der Waals surface area contributed by atoms with Crippen LogP contribution in [0.1, 0.15) is 13.8 Å². The molecule has 0 saturated carbocycles. The Hall–Kier alpha value is -1.25. The summed E-state index contributed by atoms with van der Waals surface area (Å²) in [6.07, 6.45) is 0.507. The van der Waals surface area contributed by atoms with Gasteiger partial charge in [-0.25, -0.2) is 4.79 Å². The Morgan fingerprint density at radius 1 is 1.38 bits per heavy atom. The molecule has 94 valence electrons. The average Bonchev–Trinajstić information content (AvgIpc) is 1.99. The van der Waals surface area contributed by atoms with Gasteiger partial charge in [-0.2, -0.15) is 21.6 Å². The Bertz CT molecular complexity index is 381. The minimum absolute atomic E-state index is 0.00857. The maximum Gasteiger partial charge on any atom is 0.534 e. The molecule has 9 heteroatoms. The second kappa shape index (κ2) is 5.19. The number of hydrogen-bond acceptors (Lipinski definition) is 5. The van der Waals surface area contributed by atoms with Crippen molar-refractivity contribution < 1.29 is 35.3 Å². The molecule has 0 rings (SSSR count). The molecule has 0 atom stereocenters. The summed E-state index contributed by atoms with van der Waals surface area (Å²) in [5.74, 6) is -1.71. The molecule has 0 aromatic carbocycles. The van der Waals surface area contributed by atoms with Gasteiger partial charge in [0.05, 0.1) is 12.7 Å². The van der Waals surface area contributed by atoms with Gasteiger partial charge in [0.25, 0.3) is 0 Å². The average molecular weight is 262 g/mol. The van der Waals surface area contributed by atoms with Gasteiger partial charge in [-0.3, -0.25) is 0 Å². The zero-order chi connectivity index (χ0) is 13.0. The van der Waals surface area contributed by atoms with Crippen molar-refractivity contribution in [1.82, 2.24) is 0 Å². The van der Waals surface area contributed by atoms with Crippen molar-refractivity contribution in [2.24, 2.45) is 0 Å². The van der Waals surface area contributed by atoms with E-state index >= 15 is 0 Å². The summed E-state index contributed by atoms with van der Waals surface area (Å²) in [4.78, 5) is 10.7. The maximum absolute atomic E-state index is 11.8. The molecule has 16 heavy (non-hydrogen) atoms. The van der Waals surface area contributed by atoms with E-state index in [0.29, 0.717) is 6.08 Å². The van der Waals surface area contributed by atoms with Crippen LogP contribution in [0.25, 0.3) is 0 Å². The standard InChI is InChI=1S/C7H9F3O5S/c1-3-14-6(11)4-5(2)15-16(12,13)7(8,9)10/h4H,3H2,1-2H3/b5-4-. The van der Waals surface area contributed by atoms with Gasteiger partial charge in [-0.1, -0.05) is 0 Å². The Labute approximate surface area is 90.0 Å². The van der Waals surface area contributed by atoms with Crippen molar-refractivity contribution in [1.29, 1.82) is 0 Å². The van der Waals surface area contributed by atoms with Gasteiger partial charge in [-0.05, 0) is 13.8 Å². The number of esters is 1. The van der Waals surface area contributed by atoms with Crippen LogP contribution in [0.15, 0.2) is 11.8 Å². The molecule has 5 nitrogen and oxygen atoms in total. The number of carbonyl (C=O) groups excluding carboxylic acids is 1. The zero-order valence-electron chi connectivity index (χ0n) is 8.37. The van der Waals surface area contributed by atoms with Crippen LogP contribution in [0.5, 0.6) is 0 Å². The quantitative estimate of drug-likeness (QED) is 0.251. The number of carbonyl (C=O) groups is 1. The first-order valence-electron chi connectivity index (χ1n) is 3.96. The largest absolute Gasteiger partial charge is 0.534 e. The number of hydrogen-bond donors (Lipinski definition) is 0. The molecule has 0 aliphatic heterocycles.